The molecular weight excluding hydrogens is 194 g/mol. The number of nitrogens with one attached hydrogen (secondary N) is 1. The second kappa shape index (κ2) is 6.40. The minimum absolute atomic E-state index is 0.0756. The summed E-state index contributed by atoms with van der Waals surface area (Å²) in [6, 6.07) is -0.533. The van der Waals surface area contributed by atoms with Crippen molar-refractivity contribution in [1.29, 1.82) is 0 Å². The standard InChI is InChI=1S/C10H21N3O2/c1-5-13(6-8(14)12-4)10(15)9(11)7(2)3/h7,9H,5-6,11H2,1-4H3,(H,12,14). The van der Waals surface area contributed by atoms with Crippen LogP contribution >= 0.6 is 0 Å². The predicted octanol–water partition coefficient (Wildman–Crippen LogP) is -0.436. The fourth-order valence-corrected chi connectivity index (χ4v) is 1.09. The highest BCUT2D eigenvalue weighted by Gasteiger charge is 2.23. The molecule has 0 aromatic heterocycles. The molecule has 0 bridgehead atoms. The zero-order valence-corrected chi connectivity index (χ0v) is 9.91. The van der Waals surface area contributed by atoms with E-state index >= 15 is 0 Å². The van der Waals surface area contributed by atoms with E-state index < -0.39 is 6.04 Å². The Morgan fingerprint density at radius 1 is 1.40 bits per heavy atom. The second-order valence-electron chi connectivity index (χ2n) is 3.80. The highest BCUT2D eigenvalue weighted by Crippen LogP contribution is 2.03. The third-order valence-corrected chi connectivity index (χ3v) is 2.31. The quantitative estimate of drug-likeness (QED) is 0.653. The normalized spacial score (nSPS) is 12.4. The van der Waals surface area contributed by atoms with Crippen molar-refractivity contribution in [2.75, 3.05) is 20.1 Å². The molecule has 0 rings (SSSR count). The predicted molar refractivity (Wildman–Crippen MR) is 59.1 cm³/mol. The van der Waals surface area contributed by atoms with E-state index in [1.807, 2.05) is 20.8 Å². The highest BCUT2D eigenvalue weighted by molar-refractivity contribution is 5.87. The molecule has 0 radical (unpaired) electrons. The van der Waals surface area contributed by atoms with Crippen LogP contribution in [0.2, 0.25) is 0 Å². The maximum absolute atomic E-state index is 11.8. The van der Waals surface area contributed by atoms with Gasteiger partial charge in [0.15, 0.2) is 0 Å². The molecule has 88 valence electrons. The number of hydrogen-bond acceptors (Lipinski definition) is 3. The summed E-state index contributed by atoms with van der Waals surface area (Å²) < 4.78 is 0. The SMILES string of the molecule is CCN(CC(=O)NC)C(=O)C(N)C(C)C. The summed E-state index contributed by atoms with van der Waals surface area (Å²) in [5, 5.41) is 2.48. The molecule has 5 nitrogen and oxygen atoms in total. The summed E-state index contributed by atoms with van der Waals surface area (Å²) in [4.78, 5) is 24.4. The number of nitrogens with two attached hydrogens (primary N) is 1. The number of likely N-dealkylation sites (N-methyl/N-ethyl adjacent to an activating group) is 2. The second-order valence-corrected chi connectivity index (χ2v) is 3.80. The van der Waals surface area contributed by atoms with E-state index in [1.165, 1.54) is 4.90 Å². The molecule has 0 fully saturated rings. The summed E-state index contributed by atoms with van der Waals surface area (Å²) in [6.45, 7) is 6.17. The van der Waals surface area contributed by atoms with Gasteiger partial charge in [0.25, 0.3) is 0 Å². The van der Waals surface area contributed by atoms with Crippen molar-refractivity contribution in [1.82, 2.24) is 10.2 Å². The van der Waals surface area contributed by atoms with E-state index in [0.717, 1.165) is 0 Å². The van der Waals surface area contributed by atoms with E-state index in [4.69, 9.17) is 5.73 Å². The van der Waals surface area contributed by atoms with Crippen LogP contribution in [-0.4, -0.2) is 42.9 Å². The molecule has 15 heavy (non-hydrogen) atoms. The summed E-state index contributed by atoms with van der Waals surface area (Å²) in [6.07, 6.45) is 0. The van der Waals surface area contributed by atoms with Crippen LogP contribution < -0.4 is 11.1 Å². The first kappa shape index (κ1) is 13.9. The minimum Gasteiger partial charge on any atom is -0.358 e. The highest BCUT2D eigenvalue weighted by atomic mass is 16.2. The number of rotatable bonds is 5. The van der Waals surface area contributed by atoms with Crippen molar-refractivity contribution in [3.8, 4) is 0 Å². The fraction of sp³-hybridized carbons (Fsp3) is 0.800. The molecule has 0 aliphatic heterocycles. The van der Waals surface area contributed by atoms with Crippen LogP contribution in [0, 0.1) is 5.92 Å². The summed E-state index contributed by atoms with van der Waals surface area (Å²) in [5.41, 5.74) is 5.73. The van der Waals surface area contributed by atoms with Gasteiger partial charge < -0.3 is 16.0 Å². The van der Waals surface area contributed by atoms with Crippen molar-refractivity contribution < 1.29 is 9.59 Å². The molecule has 0 aromatic rings. The van der Waals surface area contributed by atoms with E-state index in [2.05, 4.69) is 5.32 Å². The minimum atomic E-state index is -0.533. The van der Waals surface area contributed by atoms with Crippen molar-refractivity contribution in [3.05, 3.63) is 0 Å². The van der Waals surface area contributed by atoms with Gasteiger partial charge in [-0.3, -0.25) is 9.59 Å². The first-order valence-corrected chi connectivity index (χ1v) is 5.19. The number of hydrogen-bond donors (Lipinski definition) is 2. The van der Waals surface area contributed by atoms with Gasteiger partial charge in [0.1, 0.15) is 0 Å². The molecule has 0 aliphatic rings. The third-order valence-electron chi connectivity index (χ3n) is 2.31. The summed E-state index contributed by atoms with van der Waals surface area (Å²) in [7, 11) is 1.54. The molecule has 0 saturated heterocycles. The van der Waals surface area contributed by atoms with Crippen LogP contribution in [-0.2, 0) is 9.59 Å². The lowest BCUT2D eigenvalue weighted by atomic mass is 10.0. The molecular formula is C10H21N3O2. The van der Waals surface area contributed by atoms with E-state index in [9.17, 15) is 9.59 Å². The average molecular weight is 215 g/mol. The Morgan fingerprint density at radius 3 is 2.27 bits per heavy atom. The van der Waals surface area contributed by atoms with Gasteiger partial charge in [-0.25, -0.2) is 0 Å². The molecule has 0 aliphatic carbocycles. The Morgan fingerprint density at radius 2 is 1.93 bits per heavy atom. The lowest BCUT2D eigenvalue weighted by molar-refractivity contribution is -0.137. The number of nitrogens with zero attached hydrogens (tertiary/aromatic N) is 1. The molecule has 0 heterocycles. The van der Waals surface area contributed by atoms with E-state index in [0.29, 0.717) is 6.54 Å². The maximum Gasteiger partial charge on any atom is 0.240 e. The smallest absolute Gasteiger partial charge is 0.240 e. The maximum atomic E-state index is 11.8. The first-order valence-electron chi connectivity index (χ1n) is 5.19. The van der Waals surface area contributed by atoms with Crippen LogP contribution in [0.1, 0.15) is 20.8 Å². The first-order chi connectivity index (χ1) is 6.93. The third kappa shape index (κ3) is 4.29. The van der Waals surface area contributed by atoms with Gasteiger partial charge in [-0.15, -0.1) is 0 Å². The fourth-order valence-electron chi connectivity index (χ4n) is 1.09. The van der Waals surface area contributed by atoms with Gasteiger partial charge in [0, 0.05) is 13.6 Å². The topological polar surface area (TPSA) is 75.4 Å². The Labute approximate surface area is 91.0 Å². The Bertz CT molecular complexity index is 229. The van der Waals surface area contributed by atoms with E-state index in [-0.39, 0.29) is 24.3 Å². The van der Waals surface area contributed by atoms with Crippen LogP contribution in [0.15, 0.2) is 0 Å². The number of amides is 2. The van der Waals surface area contributed by atoms with Crippen molar-refractivity contribution in [2.45, 2.75) is 26.8 Å². The van der Waals surface area contributed by atoms with Gasteiger partial charge in [-0.05, 0) is 12.8 Å². The number of carbonyl (C=O) groups excluding carboxylic acids is 2. The van der Waals surface area contributed by atoms with Crippen molar-refractivity contribution in [2.24, 2.45) is 11.7 Å². The summed E-state index contributed by atoms with van der Waals surface area (Å²) >= 11 is 0. The van der Waals surface area contributed by atoms with Gasteiger partial charge in [0.05, 0.1) is 12.6 Å². The van der Waals surface area contributed by atoms with Crippen molar-refractivity contribution in [3.63, 3.8) is 0 Å². The molecule has 5 heteroatoms. The van der Waals surface area contributed by atoms with Crippen LogP contribution in [0.5, 0.6) is 0 Å². The van der Waals surface area contributed by atoms with Gasteiger partial charge in [-0.1, -0.05) is 13.8 Å². The molecule has 2 amide bonds. The Hall–Kier alpha value is -1.10. The molecule has 0 spiro atoms. The largest absolute Gasteiger partial charge is 0.358 e. The zero-order valence-electron chi connectivity index (χ0n) is 9.91. The van der Waals surface area contributed by atoms with Gasteiger partial charge in [-0.2, -0.15) is 0 Å². The van der Waals surface area contributed by atoms with Crippen LogP contribution in [0.3, 0.4) is 0 Å². The molecule has 3 N–H and O–H groups in total. The summed E-state index contributed by atoms with van der Waals surface area (Å²) in [5.74, 6) is -0.270. The lowest BCUT2D eigenvalue weighted by Gasteiger charge is -2.25. The Balaban J connectivity index is 4.40. The van der Waals surface area contributed by atoms with Crippen molar-refractivity contribution >= 4 is 11.8 Å². The van der Waals surface area contributed by atoms with Crippen LogP contribution in [0.25, 0.3) is 0 Å². The average Bonchev–Trinajstić information content (AvgIpc) is 2.23. The molecule has 0 aromatic carbocycles. The van der Waals surface area contributed by atoms with E-state index in [1.54, 1.807) is 7.05 Å². The van der Waals surface area contributed by atoms with Gasteiger partial charge >= 0.3 is 0 Å². The van der Waals surface area contributed by atoms with Crippen LogP contribution in [0.4, 0.5) is 0 Å². The monoisotopic (exact) mass is 215 g/mol. The molecule has 1 atom stereocenters. The Kier molecular flexibility index (Phi) is 5.93. The molecule has 1 unspecified atom stereocenters. The lowest BCUT2D eigenvalue weighted by Crippen LogP contribution is -2.49. The number of carbonyl (C=O) groups is 2. The zero-order chi connectivity index (χ0) is 12.0. The van der Waals surface area contributed by atoms with Gasteiger partial charge in [0.2, 0.25) is 11.8 Å². The molecule has 0 saturated carbocycles.